The lowest BCUT2D eigenvalue weighted by Crippen LogP contribution is -2.03. The summed E-state index contributed by atoms with van der Waals surface area (Å²) < 4.78 is 31.0. The molecule has 0 amide bonds. The second-order valence-electron chi connectivity index (χ2n) is 7.40. The quantitative estimate of drug-likeness (QED) is 0.292. The van der Waals surface area contributed by atoms with E-state index in [-0.39, 0.29) is 6.61 Å². The van der Waals surface area contributed by atoms with Gasteiger partial charge < -0.3 is 4.57 Å². The maximum absolute atomic E-state index is 11.4. The Morgan fingerprint density at radius 1 is 0.839 bits per heavy atom. The SMILES string of the molecule is Cc1ccccc1-n1c(-c2ccc(Br)cc2)ccc1-c1cccc(COS(C)(=O)=O)c1. The van der Waals surface area contributed by atoms with Crippen LogP contribution >= 0.6 is 15.9 Å². The summed E-state index contributed by atoms with van der Waals surface area (Å²) in [7, 11) is -3.50. The van der Waals surface area contributed by atoms with Gasteiger partial charge in [-0.15, -0.1) is 0 Å². The first-order chi connectivity index (χ1) is 14.8. The first kappa shape index (κ1) is 21.6. The highest BCUT2D eigenvalue weighted by atomic mass is 79.9. The number of aromatic nitrogens is 1. The molecule has 4 aromatic rings. The van der Waals surface area contributed by atoms with Crippen LogP contribution in [0.5, 0.6) is 0 Å². The average molecular weight is 496 g/mol. The normalized spacial score (nSPS) is 11.6. The standard InChI is InChI=1S/C25H22BrNO3S/c1-18-6-3-4-9-23(18)27-24(20-10-12-22(26)13-11-20)14-15-25(27)21-8-5-7-19(16-21)17-30-31(2,28)29/h3-16H,17H2,1-2H3. The van der Waals surface area contributed by atoms with E-state index in [9.17, 15) is 8.42 Å². The van der Waals surface area contributed by atoms with E-state index in [1.54, 1.807) is 0 Å². The predicted octanol–water partition coefficient (Wildman–Crippen LogP) is 6.36. The molecule has 0 aliphatic heterocycles. The largest absolute Gasteiger partial charge is 0.309 e. The summed E-state index contributed by atoms with van der Waals surface area (Å²) in [4.78, 5) is 0. The molecule has 0 fully saturated rings. The van der Waals surface area contributed by atoms with Crippen molar-refractivity contribution in [2.45, 2.75) is 13.5 Å². The van der Waals surface area contributed by atoms with Gasteiger partial charge in [0.25, 0.3) is 10.1 Å². The van der Waals surface area contributed by atoms with Gasteiger partial charge in [0.2, 0.25) is 0 Å². The van der Waals surface area contributed by atoms with Crippen molar-refractivity contribution in [2.24, 2.45) is 0 Å². The van der Waals surface area contributed by atoms with Gasteiger partial charge in [-0.25, -0.2) is 0 Å². The Labute approximate surface area is 191 Å². The van der Waals surface area contributed by atoms with Gasteiger partial charge in [-0.3, -0.25) is 4.18 Å². The number of para-hydroxylation sites is 1. The maximum Gasteiger partial charge on any atom is 0.264 e. The number of aryl methyl sites for hydroxylation is 1. The molecule has 0 N–H and O–H groups in total. The van der Waals surface area contributed by atoms with Crippen LogP contribution in [0.2, 0.25) is 0 Å². The van der Waals surface area contributed by atoms with Crippen molar-refractivity contribution in [3.8, 4) is 28.2 Å². The zero-order valence-electron chi connectivity index (χ0n) is 17.2. The fraction of sp³-hybridized carbons (Fsp3) is 0.120. The van der Waals surface area contributed by atoms with E-state index in [1.165, 1.54) is 0 Å². The molecule has 1 heterocycles. The molecule has 0 radical (unpaired) electrons. The fourth-order valence-corrected chi connectivity index (χ4v) is 4.19. The maximum atomic E-state index is 11.4. The number of hydrogen-bond donors (Lipinski definition) is 0. The summed E-state index contributed by atoms with van der Waals surface area (Å²) in [5, 5.41) is 0. The molecule has 0 saturated carbocycles. The molecule has 0 saturated heterocycles. The first-order valence-corrected chi connectivity index (χ1v) is 12.4. The second kappa shape index (κ2) is 8.83. The highest BCUT2D eigenvalue weighted by molar-refractivity contribution is 9.10. The Morgan fingerprint density at radius 3 is 2.19 bits per heavy atom. The second-order valence-corrected chi connectivity index (χ2v) is 9.96. The van der Waals surface area contributed by atoms with Crippen molar-refractivity contribution in [1.29, 1.82) is 0 Å². The Morgan fingerprint density at radius 2 is 1.52 bits per heavy atom. The summed E-state index contributed by atoms with van der Waals surface area (Å²) in [6.07, 6.45) is 1.06. The molecule has 0 aliphatic carbocycles. The molecule has 4 nitrogen and oxygen atoms in total. The summed E-state index contributed by atoms with van der Waals surface area (Å²) in [5.41, 5.74) is 7.25. The molecule has 31 heavy (non-hydrogen) atoms. The summed E-state index contributed by atoms with van der Waals surface area (Å²) in [5.74, 6) is 0. The van der Waals surface area contributed by atoms with Gasteiger partial charge in [0, 0.05) is 10.2 Å². The van der Waals surface area contributed by atoms with E-state index in [2.05, 4.69) is 63.8 Å². The topological polar surface area (TPSA) is 48.3 Å². The number of rotatable bonds is 6. The van der Waals surface area contributed by atoms with Gasteiger partial charge in [-0.1, -0.05) is 64.5 Å². The van der Waals surface area contributed by atoms with Crippen molar-refractivity contribution in [3.63, 3.8) is 0 Å². The van der Waals surface area contributed by atoms with Crippen molar-refractivity contribution in [1.82, 2.24) is 4.57 Å². The Hall–Kier alpha value is -2.67. The number of halogens is 1. The fourth-order valence-electron chi connectivity index (χ4n) is 3.58. The number of benzene rings is 3. The smallest absolute Gasteiger partial charge is 0.264 e. The van der Waals surface area contributed by atoms with Gasteiger partial charge in [0.05, 0.1) is 24.3 Å². The molecule has 3 aromatic carbocycles. The summed E-state index contributed by atoms with van der Waals surface area (Å²) in [6.45, 7) is 2.11. The molecular formula is C25H22BrNO3S. The third-order valence-electron chi connectivity index (χ3n) is 5.04. The molecule has 4 rings (SSSR count). The summed E-state index contributed by atoms with van der Waals surface area (Å²) >= 11 is 3.51. The van der Waals surface area contributed by atoms with Gasteiger partial charge in [0.1, 0.15) is 0 Å². The highest BCUT2D eigenvalue weighted by Gasteiger charge is 2.15. The summed E-state index contributed by atoms with van der Waals surface area (Å²) in [6, 6.07) is 28.5. The van der Waals surface area contributed by atoms with E-state index in [0.717, 1.165) is 50.1 Å². The van der Waals surface area contributed by atoms with Crippen LogP contribution in [-0.4, -0.2) is 19.2 Å². The molecular weight excluding hydrogens is 474 g/mol. The minimum absolute atomic E-state index is 0.0112. The van der Waals surface area contributed by atoms with Crippen molar-refractivity contribution < 1.29 is 12.6 Å². The monoisotopic (exact) mass is 495 g/mol. The van der Waals surface area contributed by atoms with E-state index >= 15 is 0 Å². The van der Waals surface area contributed by atoms with Gasteiger partial charge in [0.15, 0.2) is 0 Å². The molecule has 0 spiro atoms. The number of hydrogen-bond acceptors (Lipinski definition) is 3. The lowest BCUT2D eigenvalue weighted by Gasteiger charge is -2.17. The Balaban J connectivity index is 1.86. The molecule has 1 aromatic heterocycles. The minimum Gasteiger partial charge on any atom is -0.309 e. The molecule has 0 aliphatic rings. The van der Waals surface area contributed by atoms with Crippen LogP contribution in [0.25, 0.3) is 28.2 Å². The van der Waals surface area contributed by atoms with Crippen molar-refractivity contribution in [3.05, 3.63) is 101 Å². The van der Waals surface area contributed by atoms with Gasteiger partial charge in [-0.2, -0.15) is 8.42 Å². The van der Waals surface area contributed by atoms with E-state index in [0.29, 0.717) is 0 Å². The van der Waals surface area contributed by atoms with Crippen LogP contribution in [-0.2, 0) is 20.9 Å². The molecule has 6 heteroatoms. The molecule has 0 bridgehead atoms. The van der Waals surface area contributed by atoms with E-state index < -0.39 is 10.1 Å². The first-order valence-electron chi connectivity index (χ1n) is 9.79. The van der Waals surface area contributed by atoms with Gasteiger partial charge in [-0.05, 0) is 65.6 Å². The van der Waals surface area contributed by atoms with Crippen LogP contribution in [0.3, 0.4) is 0 Å². The molecule has 0 atom stereocenters. The van der Waals surface area contributed by atoms with Crippen LogP contribution < -0.4 is 0 Å². The van der Waals surface area contributed by atoms with Crippen molar-refractivity contribution >= 4 is 26.0 Å². The Bertz CT molecular complexity index is 1330. The van der Waals surface area contributed by atoms with Crippen LogP contribution in [0, 0.1) is 6.92 Å². The van der Waals surface area contributed by atoms with E-state index in [1.807, 2.05) is 48.5 Å². The van der Waals surface area contributed by atoms with Gasteiger partial charge >= 0.3 is 0 Å². The molecule has 158 valence electrons. The van der Waals surface area contributed by atoms with Crippen LogP contribution in [0.4, 0.5) is 0 Å². The zero-order valence-corrected chi connectivity index (χ0v) is 19.7. The van der Waals surface area contributed by atoms with Crippen LogP contribution in [0.15, 0.2) is 89.4 Å². The number of nitrogens with zero attached hydrogens (tertiary/aromatic N) is 1. The third kappa shape index (κ3) is 4.98. The highest BCUT2D eigenvalue weighted by Crippen LogP contribution is 2.34. The minimum atomic E-state index is -3.50. The van der Waals surface area contributed by atoms with Crippen molar-refractivity contribution in [2.75, 3.05) is 6.26 Å². The third-order valence-corrected chi connectivity index (χ3v) is 6.11. The average Bonchev–Trinajstić information content (AvgIpc) is 3.18. The predicted molar refractivity (Wildman–Crippen MR) is 129 cm³/mol. The molecule has 0 unspecified atom stereocenters. The Kier molecular flexibility index (Phi) is 6.14. The lowest BCUT2D eigenvalue weighted by atomic mass is 10.1. The zero-order chi connectivity index (χ0) is 22.0. The van der Waals surface area contributed by atoms with Crippen LogP contribution in [0.1, 0.15) is 11.1 Å². The van der Waals surface area contributed by atoms with E-state index in [4.69, 9.17) is 4.18 Å². The lowest BCUT2D eigenvalue weighted by molar-refractivity contribution is 0.312.